The van der Waals surface area contributed by atoms with Gasteiger partial charge in [0, 0.05) is 16.8 Å². The van der Waals surface area contributed by atoms with E-state index in [0.29, 0.717) is 11.8 Å². The molecule has 0 amide bonds. The lowest BCUT2D eigenvalue weighted by molar-refractivity contribution is 0.396. The third-order valence-electron chi connectivity index (χ3n) is 4.53. The second kappa shape index (κ2) is 5.63. The molecular formula is C16H16ClN3OS. The zero-order chi connectivity index (χ0) is 15.1. The zero-order valence-corrected chi connectivity index (χ0v) is 13.5. The molecule has 3 atom stereocenters. The lowest BCUT2D eigenvalue weighted by Crippen LogP contribution is -2.25. The zero-order valence-electron chi connectivity index (χ0n) is 11.9. The number of benzene rings is 1. The van der Waals surface area contributed by atoms with Gasteiger partial charge in [0.1, 0.15) is 0 Å². The predicted octanol–water partition coefficient (Wildman–Crippen LogP) is 3.65. The average Bonchev–Trinajstić information content (AvgIpc) is 3.22. The summed E-state index contributed by atoms with van der Waals surface area (Å²) in [5.74, 6) is 1.89. The molecule has 0 radical (unpaired) electrons. The molecule has 0 spiro atoms. The van der Waals surface area contributed by atoms with E-state index in [4.69, 9.17) is 11.6 Å². The summed E-state index contributed by atoms with van der Waals surface area (Å²) < 4.78 is 1.86. The Morgan fingerprint density at radius 2 is 2.09 bits per heavy atom. The summed E-state index contributed by atoms with van der Waals surface area (Å²) in [6.07, 6.45) is 6.76. The van der Waals surface area contributed by atoms with Crippen molar-refractivity contribution in [2.24, 2.45) is 11.8 Å². The van der Waals surface area contributed by atoms with Crippen LogP contribution in [0.4, 0.5) is 0 Å². The molecule has 4 rings (SSSR count). The second-order valence-corrected chi connectivity index (χ2v) is 7.32. The topological polar surface area (TPSA) is 50.7 Å². The van der Waals surface area contributed by atoms with Crippen molar-refractivity contribution in [2.45, 2.75) is 29.8 Å². The molecule has 2 aliphatic rings. The van der Waals surface area contributed by atoms with Gasteiger partial charge >= 0.3 is 5.69 Å². The van der Waals surface area contributed by atoms with Crippen LogP contribution in [-0.4, -0.2) is 14.8 Å². The van der Waals surface area contributed by atoms with E-state index in [-0.39, 0.29) is 11.7 Å². The van der Waals surface area contributed by atoms with Crippen LogP contribution in [0.3, 0.4) is 0 Å². The van der Waals surface area contributed by atoms with Crippen LogP contribution in [0.1, 0.15) is 24.4 Å². The number of hydrogen-bond acceptors (Lipinski definition) is 3. The molecule has 1 N–H and O–H groups in total. The molecule has 0 aliphatic heterocycles. The van der Waals surface area contributed by atoms with E-state index in [2.05, 4.69) is 22.3 Å². The Morgan fingerprint density at radius 1 is 1.27 bits per heavy atom. The quantitative estimate of drug-likeness (QED) is 0.686. The van der Waals surface area contributed by atoms with Crippen LogP contribution in [-0.2, 0) is 5.75 Å². The first-order chi connectivity index (χ1) is 10.7. The predicted molar refractivity (Wildman–Crippen MR) is 88.3 cm³/mol. The molecular weight excluding hydrogens is 318 g/mol. The van der Waals surface area contributed by atoms with Gasteiger partial charge in [0.05, 0.1) is 0 Å². The standard InChI is InChI=1S/C16H16ClN3OS/c17-13-5-2-10(3-6-13)9-22-16-19-18-15(21)20(16)14-8-11-1-4-12(14)7-11/h1-6,11-12,14H,7-9H2,(H,18,21)/t11-,12-,14-/m1/s1. The Kier molecular flexibility index (Phi) is 3.62. The van der Waals surface area contributed by atoms with E-state index in [1.807, 2.05) is 28.8 Å². The van der Waals surface area contributed by atoms with Crippen LogP contribution >= 0.6 is 23.4 Å². The number of H-pyrrole nitrogens is 1. The van der Waals surface area contributed by atoms with Gasteiger partial charge in [-0.05, 0) is 42.4 Å². The lowest BCUT2D eigenvalue weighted by Gasteiger charge is -2.20. The van der Waals surface area contributed by atoms with Crippen molar-refractivity contribution in [3.05, 3.63) is 57.5 Å². The summed E-state index contributed by atoms with van der Waals surface area (Å²) >= 11 is 7.50. The van der Waals surface area contributed by atoms with Gasteiger partial charge in [0.25, 0.3) is 0 Å². The molecule has 1 aromatic heterocycles. The third kappa shape index (κ3) is 2.52. The van der Waals surface area contributed by atoms with Crippen LogP contribution in [0.2, 0.25) is 5.02 Å². The Morgan fingerprint density at radius 3 is 2.77 bits per heavy atom. The number of thioether (sulfide) groups is 1. The van der Waals surface area contributed by atoms with Crippen LogP contribution in [0, 0.1) is 11.8 Å². The van der Waals surface area contributed by atoms with E-state index < -0.39 is 0 Å². The van der Waals surface area contributed by atoms with Gasteiger partial charge in [-0.2, -0.15) is 0 Å². The van der Waals surface area contributed by atoms with Gasteiger partial charge in [-0.3, -0.25) is 4.57 Å². The minimum Gasteiger partial charge on any atom is -0.266 e. The normalized spacial score (nSPS) is 26.0. The van der Waals surface area contributed by atoms with Crippen LogP contribution in [0.25, 0.3) is 0 Å². The molecule has 0 unspecified atom stereocenters. The highest BCUT2D eigenvalue weighted by Crippen LogP contribution is 2.46. The van der Waals surface area contributed by atoms with Crippen molar-refractivity contribution in [3.63, 3.8) is 0 Å². The fourth-order valence-corrected chi connectivity index (χ4v) is 4.54. The molecule has 22 heavy (non-hydrogen) atoms. The Hall–Kier alpha value is -1.46. The molecule has 1 aromatic carbocycles. The lowest BCUT2D eigenvalue weighted by atomic mass is 10.0. The third-order valence-corrected chi connectivity index (χ3v) is 5.80. The fourth-order valence-electron chi connectivity index (χ4n) is 3.46. The molecule has 1 fully saturated rings. The van der Waals surface area contributed by atoms with E-state index in [1.165, 1.54) is 12.0 Å². The number of aromatic nitrogens is 3. The number of halogens is 1. The number of nitrogens with one attached hydrogen (secondary N) is 1. The molecule has 0 saturated heterocycles. The Bertz CT molecular complexity index is 764. The number of aromatic amines is 1. The van der Waals surface area contributed by atoms with Gasteiger partial charge in [0.15, 0.2) is 5.16 Å². The molecule has 1 saturated carbocycles. The maximum Gasteiger partial charge on any atom is 0.344 e. The van der Waals surface area contributed by atoms with Crippen molar-refractivity contribution in [1.82, 2.24) is 14.8 Å². The highest BCUT2D eigenvalue weighted by atomic mass is 35.5. The van der Waals surface area contributed by atoms with Crippen LogP contribution in [0.5, 0.6) is 0 Å². The molecule has 2 aromatic rings. The van der Waals surface area contributed by atoms with Gasteiger partial charge in [0.2, 0.25) is 0 Å². The highest BCUT2D eigenvalue weighted by Gasteiger charge is 2.38. The number of hydrogen-bond donors (Lipinski definition) is 1. The van der Waals surface area contributed by atoms with Gasteiger partial charge in [-0.15, -0.1) is 5.10 Å². The summed E-state index contributed by atoms with van der Waals surface area (Å²) in [4.78, 5) is 12.1. The average molecular weight is 334 g/mol. The molecule has 2 bridgehead atoms. The smallest absolute Gasteiger partial charge is 0.266 e. The maximum atomic E-state index is 12.1. The second-order valence-electron chi connectivity index (χ2n) is 5.94. The molecule has 1 heterocycles. The van der Waals surface area contributed by atoms with Crippen molar-refractivity contribution in [3.8, 4) is 0 Å². The van der Waals surface area contributed by atoms with Gasteiger partial charge in [-0.1, -0.05) is 47.6 Å². The first-order valence-corrected chi connectivity index (χ1v) is 8.79. The number of allylic oxidation sites excluding steroid dienone is 2. The summed E-state index contributed by atoms with van der Waals surface area (Å²) in [5.41, 5.74) is 1.08. The Balaban J connectivity index is 1.54. The van der Waals surface area contributed by atoms with E-state index in [9.17, 15) is 4.79 Å². The minimum atomic E-state index is -0.0930. The maximum absolute atomic E-state index is 12.1. The van der Waals surface area contributed by atoms with Crippen molar-refractivity contribution in [2.75, 3.05) is 0 Å². The number of fused-ring (bicyclic) bond motifs is 2. The first kappa shape index (κ1) is 14.2. The van der Waals surface area contributed by atoms with Crippen molar-refractivity contribution < 1.29 is 0 Å². The molecule has 2 aliphatic carbocycles. The fraction of sp³-hybridized carbons (Fsp3) is 0.375. The van der Waals surface area contributed by atoms with Crippen LogP contribution in [0.15, 0.2) is 46.4 Å². The Labute approximate surface area is 137 Å². The molecule has 4 nitrogen and oxygen atoms in total. The van der Waals surface area contributed by atoms with Crippen molar-refractivity contribution >= 4 is 23.4 Å². The van der Waals surface area contributed by atoms with E-state index in [0.717, 1.165) is 22.4 Å². The van der Waals surface area contributed by atoms with Crippen LogP contribution < -0.4 is 5.69 Å². The largest absolute Gasteiger partial charge is 0.344 e. The first-order valence-electron chi connectivity index (χ1n) is 7.43. The summed E-state index contributed by atoms with van der Waals surface area (Å²) in [7, 11) is 0. The van der Waals surface area contributed by atoms with Crippen molar-refractivity contribution in [1.29, 1.82) is 0 Å². The summed E-state index contributed by atoms with van der Waals surface area (Å²) in [5, 5.41) is 8.34. The monoisotopic (exact) mass is 333 g/mol. The highest BCUT2D eigenvalue weighted by molar-refractivity contribution is 7.98. The molecule has 114 valence electrons. The van der Waals surface area contributed by atoms with Gasteiger partial charge in [-0.25, -0.2) is 9.89 Å². The summed E-state index contributed by atoms with van der Waals surface area (Å²) in [6, 6.07) is 8.04. The summed E-state index contributed by atoms with van der Waals surface area (Å²) in [6.45, 7) is 0. The molecule has 6 heteroatoms. The minimum absolute atomic E-state index is 0.0930. The van der Waals surface area contributed by atoms with E-state index in [1.54, 1.807) is 11.8 Å². The number of rotatable bonds is 4. The van der Waals surface area contributed by atoms with E-state index >= 15 is 0 Å². The van der Waals surface area contributed by atoms with Gasteiger partial charge < -0.3 is 0 Å². The number of nitrogens with zero attached hydrogens (tertiary/aromatic N) is 2. The SMILES string of the molecule is O=c1[nH]nc(SCc2ccc(Cl)cc2)n1[C@@H]1C[C@@H]2C=C[C@@H]1C2.